The molecule has 5 heteroatoms. The fourth-order valence-corrected chi connectivity index (χ4v) is 3.47. The average Bonchev–Trinajstić information content (AvgIpc) is 2.62. The number of benzene rings is 2. The second-order valence-corrected chi connectivity index (χ2v) is 6.77. The molecule has 1 N–H and O–H groups in total. The van der Waals surface area contributed by atoms with E-state index in [1.54, 1.807) is 0 Å². The Morgan fingerprint density at radius 2 is 1.62 bits per heavy atom. The maximum Gasteiger partial charge on any atom is 0.0594 e. The molecule has 1 saturated heterocycles. The molecule has 1 aliphatic rings. The van der Waals surface area contributed by atoms with E-state index in [9.17, 15) is 0 Å². The molecule has 0 bridgehead atoms. The Kier molecular flexibility index (Phi) is 6.52. The van der Waals surface area contributed by atoms with E-state index in [1.807, 2.05) is 24.3 Å². The Morgan fingerprint density at radius 1 is 0.958 bits per heavy atom. The molecule has 0 aromatic heterocycles. The highest BCUT2D eigenvalue weighted by Crippen LogP contribution is 2.25. The molecule has 0 amide bonds. The first-order chi connectivity index (χ1) is 11.7. The van der Waals surface area contributed by atoms with Crippen LogP contribution in [-0.2, 0) is 11.3 Å². The largest absolute Gasteiger partial charge is 0.379 e. The zero-order chi connectivity index (χ0) is 16.8. The van der Waals surface area contributed by atoms with Crippen LogP contribution in [0.1, 0.15) is 17.2 Å². The molecule has 3 rings (SSSR count). The van der Waals surface area contributed by atoms with Crippen molar-refractivity contribution in [2.45, 2.75) is 12.6 Å². The molecule has 0 radical (unpaired) electrons. The number of morpholine rings is 1. The van der Waals surface area contributed by atoms with Gasteiger partial charge in [-0.05, 0) is 17.7 Å². The monoisotopic (exact) mass is 364 g/mol. The van der Waals surface area contributed by atoms with Crippen molar-refractivity contribution in [3.63, 3.8) is 0 Å². The molecule has 128 valence electrons. The van der Waals surface area contributed by atoms with Crippen molar-refractivity contribution >= 4 is 23.2 Å². The average molecular weight is 365 g/mol. The van der Waals surface area contributed by atoms with Gasteiger partial charge in [0.05, 0.1) is 13.2 Å². The van der Waals surface area contributed by atoms with Gasteiger partial charge in [-0.25, -0.2) is 0 Å². The van der Waals surface area contributed by atoms with Crippen molar-refractivity contribution in [3.8, 4) is 0 Å². The van der Waals surface area contributed by atoms with Crippen molar-refractivity contribution in [1.29, 1.82) is 0 Å². The van der Waals surface area contributed by atoms with Crippen molar-refractivity contribution in [2.75, 3.05) is 32.8 Å². The second kappa shape index (κ2) is 8.84. The summed E-state index contributed by atoms with van der Waals surface area (Å²) in [4.78, 5) is 2.43. The van der Waals surface area contributed by atoms with Crippen LogP contribution in [-0.4, -0.2) is 37.7 Å². The number of nitrogens with zero attached hydrogens (tertiary/aromatic N) is 1. The van der Waals surface area contributed by atoms with Gasteiger partial charge < -0.3 is 10.1 Å². The summed E-state index contributed by atoms with van der Waals surface area (Å²) in [6.07, 6.45) is 0. The predicted octanol–water partition coefficient (Wildman–Crippen LogP) is 4.16. The highest BCUT2D eigenvalue weighted by atomic mass is 35.5. The van der Waals surface area contributed by atoms with Crippen LogP contribution in [0.25, 0.3) is 0 Å². The number of nitrogens with one attached hydrogen (secondary N) is 1. The van der Waals surface area contributed by atoms with Gasteiger partial charge in [-0.1, -0.05) is 59.6 Å². The van der Waals surface area contributed by atoms with Gasteiger partial charge in [0.25, 0.3) is 0 Å². The minimum absolute atomic E-state index is 0.219. The first-order valence-corrected chi connectivity index (χ1v) is 9.01. The standard InChI is InChI=1S/C19H22Cl2N2O/c20-17-7-4-8-18(21)16(17)13-22-19(15-5-2-1-3-6-15)14-23-9-11-24-12-10-23/h1-8,19,22H,9-14H2. The smallest absolute Gasteiger partial charge is 0.0594 e. The lowest BCUT2D eigenvalue weighted by atomic mass is 10.1. The van der Waals surface area contributed by atoms with Crippen molar-refractivity contribution in [2.24, 2.45) is 0 Å². The fourth-order valence-electron chi connectivity index (χ4n) is 2.94. The van der Waals surface area contributed by atoms with Gasteiger partial charge in [0, 0.05) is 47.8 Å². The summed E-state index contributed by atoms with van der Waals surface area (Å²) in [5.74, 6) is 0. The van der Waals surface area contributed by atoms with E-state index in [0.717, 1.165) is 38.4 Å². The lowest BCUT2D eigenvalue weighted by Gasteiger charge is -2.31. The van der Waals surface area contributed by atoms with Gasteiger partial charge in [0.1, 0.15) is 0 Å². The Balaban J connectivity index is 1.72. The van der Waals surface area contributed by atoms with Gasteiger partial charge in [-0.3, -0.25) is 4.90 Å². The molecular weight excluding hydrogens is 343 g/mol. The lowest BCUT2D eigenvalue weighted by molar-refractivity contribution is 0.0333. The Labute approximate surface area is 153 Å². The minimum atomic E-state index is 0.219. The highest BCUT2D eigenvalue weighted by molar-refractivity contribution is 6.35. The summed E-state index contributed by atoms with van der Waals surface area (Å²) >= 11 is 12.6. The summed E-state index contributed by atoms with van der Waals surface area (Å²) in [5.41, 5.74) is 2.22. The molecule has 3 nitrogen and oxygen atoms in total. The summed E-state index contributed by atoms with van der Waals surface area (Å²) in [6.45, 7) is 5.13. The molecule has 1 aliphatic heterocycles. The zero-order valence-electron chi connectivity index (χ0n) is 13.6. The molecule has 2 aromatic rings. The molecule has 1 unspecified atom stereocenters. The summed E-state index contributed by atoms with van der Waals surface area (Å²) in [5, 5.41) is 5.03. The van der Waals surface area contributed by atoms with E-state index in [0.29, 0.717) is 16.6 Å². The van der Waals surface area contributed by atoms with E-state index in [1.165, 1.54) is 5.56 Å². The van der Waals surface area contributed by atoms with Crippen molar-refractivity contribution < 1.29 is 4.74 Å². The van der Waals surface area contributed by atoms with Gasteiger partial charge in [-0.15, -0.1) is 0 Å². The van der Waals surface area contributed by atoms with Crippen molar-refractivity contribution in [1.82, 2.24) is 10.2 Å². The molecule has 1 heterocycles. The lowest BCUT2D eigenvalue weighted by Crippen LogP contribution is -2.41. The van der Waals surface area contributed by atoms with Crippen LogP contribution in [0, 0.1) is 0 Å². The van der Waals surface area contributed by atoms with Crippen LogP contribution in [0.15, 0.2) is 48.5 Å². The Hall–Kier alpha value is -1.10. The fraction of sp³-hybridized carbons (Fsp3) is 0.368. The highest BCUT2D eigenvalue weighted by Gasteiger charge is 2.18. The number of ether oxygens (including phenoxy) is 1. The summed E-state index contributed by atoms with van der Waals surface area (Å²) < 4.78 is 5.45. The third-order valence-electron chi connectivity index (χ3n) is 4.33. The van der Waals surface area contributed by atoms with Crippen LogP contribution in [0.5, 0.6) is 0 Å². The van der Waals surface area contributed by atoms with E-state index < -0.39 is 0 Å². The SMILES string of the molecule is Clc1cccc(Cl)c1CNC(CN1CCOCC1)c1ccccc1. The quantitative estimate of drug-likeness (QED) is 0.832. The second-order valence-electron chi connectivity index (χ2n) is 5.96. The van der Waals surface area contributed by atoms with Crippen LogP contribution in [0.4, 0.5) is 0 Å². The van der Waals surface area contributed by atoms with E-state index in [2.05, 4.69) is 34.5 Å². The van der Waals surface area contributed by atoms with Crippen LogP contribution in [0.3, 0.4) is 0 Å². The Bertz CT molecular complexity index is 625. The minimum Gasteiger partial charge on any atom is -0.379 e. The van der Waals surface area contributed by atoms with Gasteiger partial charge in [0.2, 0.25) is 0 Å². The molecule has 24 heavy (non-hydrogen) atoms. The number of halogens is 2. The van der Waals surface area contributed by atoms with Gasteiger partial charge in [-0.2, -0.15) is 0 Å². The van der Waals surface area contributed by atoms with Gasteiger partial charge >= 0.3 is 0 Å². The molecule has 1 atom stereocenters. The molecule has 0 saturated carbocycles. The van der Waals surface area contributed by atoms with Crippen LogP contribution in [0.2, 0.25) is 10.0 Å². The third-order valence-corrected chi connectivity index (χ3v) is 5.04. The molecular formula is C19H22Cl2N2O. The molecule has 0 aliphatic carbocycles. The van der Waals surface area contributed by atoms with E-state index in [-0.39, 0.29) is 6.04 Å². The number of rotatable bonds is 6. The van der Waals surface area contributed by atoms with E-state index >= 15 is 0 Å². The Morgan fingerprint density at radius 3 is 2.29 bits per heavy atom. The summed E-state index contributed by atoms with van der Waals surface area (Å²) in [6, 6.07) is 16.4. The molecule has 2 aromatic carbocycles. The maximum absolute atomic E-state index is 6.30. The zero-order valence-corrected chi connectivity index (χ0v) is 15.1. The van der Waals surface area contributed by atoms with Crippen LogP contribution >= 0.6 is 23.2 Å². The third kappa shape index (κ3) is 4.71. The predicted molar refractivity (Wildman–Crippen MR) is 99.7 cm³/mol. The number of hydrogen-bond acceptors (Lipinski definition) is 3. The topological polar surface area (TPSA) is 24.5 Å². The van der Waals surface area contributed by atoms with E-state index in [4.69, 9.17) is 27.9 Å². The van der Waals surface area contributed by atoms with Gasteiger partial charge in [0.15, 0.2) is 0 Å². The number of hydrogen-bond donors (Lipinski definition) is 1. The molecule has 0 spiro atoms. The first-order valence-electron chi connectivity index (χ1n) is 8.25. The first kappa shape index (κ1) is 17.7. The molecule has 1 fully saturated rings. The van der Waals surface area contributed by atoms with Crippen LogP contribution < -0.4 is 5.32 Å². The maximum atomic E-state index is 6.30. The normalized spacial score (nSPS) is 16.9. The van der Waals surface area contributed by atoms with Crippen molar-refractivity contribution in [3.05, 3.63) is 69.7 Å². The summed E-state index contributed by atoms with van der Waals surface area (Å²) in [7, 11) is 0.